The van der Waals surface area contributed by atoms with E-state index in [-0.39, 0.29) is 0 Å². The highest BCUT2D eigenvalue weighted by Crippen LogP contribution is 2.18. The van der Waals surface area contributed by atoms with Crippen LogP contribution in [0.15, 0.2) is 6.07 Å². The Hall–Kier alpha value is -0.190. The molecule has 1 aromatic heterocycles. The number of halogens is 1. The molecule has 44 valence electrons. The van der Waals surface area contributed by atoms with Crippen LogP contribution in [0.4, 0.5) is 0 Å². The first-order valence-electron chi connectivity index (χ1n) is 2.24. The molecule has 0 aliphatic rings. The summed E-state index contributed by atoms with van der Waals surface area (Å²) in [6.45, 7) is 1.90. The van der Waals surface area contributed by atoms with Gasteiger partial charge in [0.05, 0.1) is 0 Å². The van der Waals surface area contributed by atoms with Gasteiger partial charge >= 0.3 is 0 Å². The third-order valence-corrected chi connectivity index (χ3v) is 1.71. The zero-order chi connectivity index (χ0) is 6.15. The van der Waals surface area contributed by atoms with Crippen molar-refractivity contribution in [2.45, 2.75) is 6.92 Å². The molecule has 0 aromatic carbocycles. The third-order valence-electron chi connectivity index (χ3n) is 0.885. The second kappa shape index (κ2) is 1.97. The molecule has 0 amide bonds. The molecule has 1 aromatic rings. The van der Waals surface area contributed by atoms with E-state index in [9.17, 15) is 0 Å². The van der Waals surface area contributed by atoms with E-state index in [0.29, 0.717) is 5.75 Å². The van der Waals surface area contributed by atoms with Crippen LogP contribution in [-0.4, -0.2) is 10.1 Å². The molecule has 0 aliphatic heterocycles. The quantitative estimate of drug-likeness (QED) is 0.644. The number of aryl methyl sites for hydroxylation is 1. The molecule has 0 saturated heterocycles. The van der Waals surface area contributed by atoms with Crippen molar-refractivity contribution in [1.82, 2.24) is 4.98 Å². The highest BCUT2D eigenvalue weighted by atomic mass is 127. The molecule has 8 heavy (non-hydrogen) atoms. The Balaban J connectivity index is 3.14. The van der Waals surface area contributed by atoms with E-state index >= 15 is 0 Å². The zero-order valence-electron chi connectivity index (χ0n) is 4.40. The Bertz CT molecular complexity index is 175. The van der Waals surface area contributed by atoms with Crippen LogP contribution in [0, 0.1) is 10.6 Å². The lowest BCUT2D eigenvalue weighted by atomic mass is 10.5. The lowest BCUT2D eigenvalue weighted by molar-refractivity contribution is 0.472. The molecule has 0 bridgehead atoms. The summed E-state index contributed by atoms with van der Waals surface area (Å²) < 4.78 is 0.806. The van der Waals surface area contributed by atoms with Crippen molar-refractivity contribution >= 4 is 22.6 Å². The van der Waals surface area contributed by atoms with Gasteiger partial charge in [0.25, 0.3) is 0 Å². The Labute approximate surface area is 61.1 Å². The van der Waals surface area contributed by atoms with E-state index < -0.39 is 0 Å². The average Bonchev–Trinajstić information content (AvgIpc) is 1.85. The third kappa shape index (κ3) is 0.964. The lowest BCUT2D eigenvalue weighted by Crippen LogP contribution is -1.67. The topological polar surface area (TPSA) is 36.0 Å². The van der Waals surface area contributed by atoms with Crippen molar-refractivity contribution < 1.29 is 5.11 Å². The molecule has 0 aliphatic carbocycles. The van der Waals surface area contributed by atoms with Crippen molar-refractivity contribution in [3.63, 3.8) is 0 Å². The molecule has 0 saturated carbocycles. The van der Waals surface area contributed by atoms with E-state index in [0.717, 1.165) is 9.39 Å². The fraction of sp³-hybridized carbons (Fsp3) is 0.200. The molecule has 0 radical (unpaired) electrons. The van der Waals surface area contributed by atoms with Crippen LogP contribution < -0.4 is 0 Å². The van der Waals surface area contributed by atoms with Crippen LogP contribution >= 0.6 is 22.6 Å². The second-order valence-corrected chi connectivity index (χ2v) is 2.73. The molecule has 1 heterocycles. The number of hydrogen-bond donors (Lipinski definition) is 2. The molecule has 1 rings (SSSR count). The monoisotopic (exact) mass is 223 g/mol. The molecule has 0 atom stereocenters. The SMILES string of the molecule is Cc1cc(O)c(I)[nH]1. The minimum absolute atomic E-state index is 0.336. The van der Waals surface area contributed by atoms with Gasteiger partial charge in [0.1, 0.15) is 9.45 Å². The van der Waals surface area contributed by atoms with Crippen molar-refractivity contribution in [3.8, 4) is 5.75 Å². The highest BCUT2D eigenvalue weighted by molar-refractivity contribution is 14.1. The van der Waals surface area contributed by atoms with Gasteiger partial charge < -0.3 is 10.1 Å². The number of aromatic hydroxyl groups is 1. The average molecular weight is 223 g/mol. The number of aromatic nitrogens is 1. The number of nitrogens with one attached hydrogen (secondary N) is 1. The summed E-state index contributed by atoms with van der Waals surface area (Å²) in [7, 11) is 0. The number of aromatic amines is 1. The summed E-state index contributed by atoms with van der Waals surface area (Å²) in [5.41, 5.74) is 0.993. The maximum atomic E-state index is 8.90. The molecular weight excluding hydrogens is 217 g/mol. The summed E-state index contributed by atoms with van der Waals surface area (Å²) in [6, 6.07) is 1.70. The summed E-state index contributed by atoms with van der Waals surface area (Å²) in [6.07, 6.45) is 0. The summed E-state index contributed by atoms with van der Waals surface area (Å²) in [5.74, 6) is 0.336. The van der Waals surface area contributed by atoms with Crippen molar-refractivity contribution in [2.24, 2.45) is 0 Å². The summed E-state index contributed by atoms with van der Waals surface area (Å²) in [4.78, 5) is 2.94. The van der Waals surface area contributed by atoms with Crippen LogP contribution in [-0.2, 0) is 0 Å². The Kier molecular flexibility index (Phi) is 1.46. The standard InChI is InChI=1S/C5H6INO/c1-3-2-4(8)5(6)7-3/h2,7-8H,1H3. The molecule has 0 fully saturated rings. The van der Waals surface area contributed by atoms with Gasteiger partial charge in [-0.05, 0) is 29.5 Å². The van der Waals surface area contributed by atoms with E-state index in [4.69, 9.17) is 5.11 Å². The molecule has 0 spiro atoms. The van der Waals surface area contributed by atoms with Crippen LogP contribution in [0.1, 0.15) is 5.69 Å². The van der Waals surface area contributed by atoms with Gasteiger partial charge in [0.2, 0.25) is 0 Å². The van der Waals surface area contributed by atoms with Crippen molar-refractivity contribution in [2.75, 3.05) is 0 Å². The van der Waals surface area contributed by atoms with Crippen molar-refractivity contribution in [3.05, 3.63) is 15.5 Å². The Morgan fingerprint density at radius 3 is 2.50 bits per heavy atom. The molecule has 0 unspecified atom stereocenters. The lowest BCUT2D eigenvalue weighted by Gasteiger charge is -1.79. The predicted molar refractivity (Wildman–Crippen MR) is 39.9 cm³/mol. The van der Waals surface area contributed by atoms with E-state index in [1.807, 2.05) is 29.5 Å². The fourth-order valence-corrected chi connectivity index (χ4v) is 1.12. The predicted octanol–water partition coefficient (Wildman–Crippen LogP) is 1.63. The van der Waals surface area contributed by atoms with E-state index in [1.165, 1.54) is 0 Å². The van der Waals surface area contributed by atoms with Gasteiger partial charge in [-0.3, -0.25) is 0 Å². The van der Waals surface area contributed by atoms with Gasteiger partial charge in [-0.15, -0.1) is 0 Å². The molecule has 2 N–H and O–H groups in total. The number of H-pyrrole nitrogens is 1. The van der Waals surface area contributed by atoms with Gasteiger partial charge in [0, 0.05) is 11.8 Å². The largest absolute Gasteiger partial charge is 0.505 e. The maximum absolute atomic E-state index is 8.90. The normalized spacial score (nSPS) is 9.75. The van der Waals surface area contributed by atoms with Gasteiger partial charge in [-0.2, -0.15) is 0 Å². The summed E-state index contributed by atoms with van der Waals surface area (Å²) >= 11 is 2.04. The minimum atomic E-state index is 0.336. The summed E-state index contributed by atoms with van der Waals surface area (Å²) in [5, 5.41) is 8.90. The molecule has 3 heteroatoms. The highest BCUT2D eigenvalue weighted by Gasteiger charge is 1.97. The first kappa shape index (κ1) is 5.94. The molecular formula is C5H6INO. The fourth-order valence-electron chi connectivity index (χ4n) is 0.542. The number of rotatable bonds is 0. The first-order valence-corrected chi connectivity index (χ1v) is 3.32. The van der Waals surface area contributed by atoms with Crippen molar-refractivity contribution in [1.29, 1.82) is 0 Å². The van der Waals surface area contributed by atoms with Crippen LogP contribution in [0.5, 0.6) is 5.75 Å². The second-order valence-electron chi connectivity index (χ2n) is 1.65. The van der Waals surface area contributed by atoms with Crippen LogP contribution in [0.3, 0.4) is 0 Å². The van der Waals surface area contributed by atoms with Crippen LogP contribution in [0.25, 0.3) is 0 Å². The number of hydrogen-bond acceptors (Lipinski definition) is 1. The van der Waals surface area contributed by atoms with Gasteiger partial charge in [-0.25, -0.2) is 0 Å². The first-order chi connectivity index (χ1) is 3.70. The van der Waals surface area contributed by atoms with Crippen LogP contribution in [0.2, 0.25) is 0 Å². The Morgan fingerprint density at radius 2 is 2.38 bits per heavy atom. The smallest absolute Gasteiger partial charge is 0.147 e. The molecule has 2 nitrogen and oxygen atoms in total. The minimum Gasteiger partial charge on any atom is -0.505 e. The Morgan fingerprint density at radius 1 is 1.75 bits per heavy atom. The van der Waals surface area contributed by atoms with Gasteiger partial charge in [-0.1, -0.05) is 0 Å². The maximum Gasteiger partial charge on any atom is 0.147 e. The van der Waals surface area contributed by atoms with Gasteiger partial charge in [0.15, 0.2) is 0 Å². The zero-order valence-corrected chi connectivity index (χ0v) is 6.56. The van der Waals surface area contributed by atoms with E-state index in [2.05, 4.69) is 4.98 Å². The van der Waals surface area contributed by atoms with E-state index in [1.54, 1.807) is 6.07 Å².